The summed E-state index contributed by atoms with van der Waals surface area (Å²) in [6.07, 6.45) is 0. The highest BCUT2D eigenvalue weighted by Gasteiger charge is 2.14. The van der Waals surface area contributed by atoms with Crippen LogP contribution in [0.3, 0.4) is 0 Å². The molecule has 0 fully saturated rings. The fourth-order valence-corrected chi connectivity index (χ4v) is 3.60. The maximum absolute atomic E-state index is 5.56. The van der Waals surface area contributed by atoms with E-state index in [1.165, 1.54) is 0 Å². The van der Waals surface area contributed by atoms with Crippen LogP contribution in [-0.4, -0.2) is 95.7 Å². The molecule has 174 valence electrons. The molecular formula is C18H38N8S4. The van der Waals surface area contributed by atoms with Crippen molar-refractivity contribution in [3.63, 3.8) is 0 Å². The zero-order chi connectivity index (χ0) is 22.8. The number of hydrogen-bond donors (Lipinski definition) is 6. The standard InChI is InChI=1S/C18H38N8S4/c1-5-19-15(27)23-9-11-25(17(29)21-7-3)13-14-26(18(30)22-8-4)12-10-24-16(28)20-6-2/h5-14H2,1-4H3,(H,21,29)(H,22,30)(H2,19,23,27)(H2,20,24,28). The Hall–Kier alpha value is -1.24. The van der Waals surface area contributed by atoms with E-state index in [0.29, 0.717) is 23.3 Å². The molecule has 0 bridgehead atoms. The van der Waals surface area contributed by atoms with E-state index in [-0.39, 0.29) is 0 Å². The summed E-state index contributed by atoms with van der Waals surface area (Å²) in [4.78, 5) is 4.28. The van der Waals surface area contributed by atoms with Gasteiger partial charge in [0, 0.05) is 65.4 Å². The van der Waals surface area contributed by atoms with E-state index < -0.39 is 0 Å². The molecule has 30 heavy (non-hydrogen) atoms. The van der Waals surface area contributed by atoms with Gasteiger partial charge in [-0.2, -0.15) is 0 Å². The summed E-state index contributed by atoms with van der Waals surface area (Å²) in [5, 5.41) is 21.8. The van der Waals surface area contributed by atoms with Crippen LogP contribution >= 0.6 is 48.9 Å². The minimum absolute atomic E-state index is 0.657. The van der Waals surface area contributed by atoms with Gasteiger partial charge in [0.2, 0.25) is 0 Å². The zero-order valence-corrected chi connectivity index (χ0v) is 21.9. The quantitative estimate of drug-likeness (QED) is 0.200. The third-order valence-corrected chi connectivity index (χ3v) is 5.26. The first-order valence-electron chi connectivity index (χ1n) is 10.5. The first-order chi connectivity index (χ1) is 14.4. The number of hydrogen-bond acceptors (Lipinski definition) is 4. The fraction of sp³-hybridized carbons (Fsp3) is 0.778. The SMILES string of the molecule is CCNC(=S)NCCN(CCN(CCNC(=S)NCC)C(=S)NCC)C(=S)NCC. The molecule has 0 aromatic rings. The summed E-state index contributed by atoms with van der Waals surface area (Å²) in [5.41, 5.74) is 0. The first-order valence-corrected chi connectivity index (χ1v) is 12.1. The van der Waals surface area contributed by atoms with Crippen molar-refractivity contribution in [3.05, 3.63) is 0 Å². The minimum Gasteiger partial charge on any atom is -0.363 e. The summed E-state index contributed by atoms with van der Waals surface area (Å²) in [7, 11) is 0. The Morgan fingerprint density at radius 2 is 0.833 bits per heavy atom. The summed E-state index contributed by atoms with van der Waals surface area (Å²) < 4.78 is 0. The van der Waals surface area contributed by atoms with Gasteiger partial charge < -0.3 is 41.7 Å². The topological polar surface area (TPSA) is 78.7 Å². The van der Waals surface area contributed by atoms with Crippen LogP contribution in [0.25, 0.3) is 0 Å². The number of nitrogens with one attached hydrogen (secondary N) is 6. The molecule has 0 atom stereocenters. The highest BCUT2D eigenvalue weighted by Crippen LogP contribution is 1.96. The van der Waals surface area contributed by atoms with Gasteiger partial charge in [-0.25, -0.2) is 0 Å². The summed E-state index contributed by atoms with van der Waals surface area (Å²) in [6.45, 7) is 15.6. The molecule has 0 aliphatic carbocycles. The maximum atomic E-state index is 5.56. The van der Waals surface area contributed by atoms with E-state index >= 15 is 0 Å². The molecule has 0 aromatic carbocycles. The minimum atomic E-state index is 0.657. The Balaban J connectivity index is 4.80. The van der Waals surface area contributed by atoms with Gasteiger partial charge in [0.1, 0.15) is 0 Å². The van der Waals surface area contributed by atoms with Gasteiger partial charge >= 0.3 is 0 Å². The van der Waals surface area contributed by atoms with Crippen molar-refractivity contribution in [2.75, 3.05) is 65.4 Å². The van der Waals surface area contributed by atoms with Gasteiger partial charge in [0.25, 0.3) is 0 Å². The number of thiocarbonyl (C=S) groups is 4. The Kier molecular flexibility index (Phi) is 17.8. The van der Waals surface area contributed by atoms with E-state index in [4.69, 9.17) is 48.9 Å². The van der Waals surface area contributed by atoms with Crippen LogP contribution in [0.1, 0.15) is 27.7 Å². The Morgan fingerprint density at radius 3 is 1.13 bits per heavy atom. The van der Waals surface area contributed by atoms with Crippen LogP contribution in [0.15, 0.2) is 0 Å². The number of nitrogens with zero attached hydrogens (tertiary/aromatic N) is 2. The van der Waals surface area contributed by atoms with Gasteiger partial charge in [-0.05, 0) is 76.6 Å². The first kappa shape index (κ1) is 28.8. The van der Waals surface area contributed by atoms with Crippen LogP contribution in [0.5, 0.6) is 0 Å². The van der Waals surface area contributed by atoms with Gasteiger partial charge in [-0.15, -0.1) is 0 Å². The van der Waals surface area contributed by atoms with Crippen molar-refractivity contribution in [3.8, 4) is 0 Å². The molecule has 0 saturated heterocycles. The highest BCUT2D eigenvalue weighted by molar-refractivity contribution is 7.80. The summed E-state index contributed by atoms with van der Waals surface area (Å²) in [6, 6.07) is 0. The van der Waals surface area contributed by atoms with Gasteiger partial charge in [-0.1, -0.05) is 0 Å². The molecule has 0 aromatic heterocycles. The van der Waals surface area contributed by atoms with Crippen LogP contribution < -0.4 is 31.9 Å². The maximum Gasteiger partial charge on any atom is 0.169 e. The fourth-order valence-electron chi connectivity index (χ4n) is 2.45. The monoisotopic (exact) mass is 494 g/mol. The lowest BCUT2D eigenvalue weighted by molar-refractivity contribution is 0.336. The molecule has 6 N–H and O–H groups in total. The van der Waals surface area contributed by atoms with Crippen LogP contribution in [0.2, 0.25) is 0 Å². The molecule has 0 rings (SSSR count). The Labute approximate surface area is 203 Å². The van der Waals surface area contributed by atoms with Crippen molar-refractivity contribution in [2.24, 2.45) is 0 Å². The molecule has 8 nitrogen and oxygen atoms in total. The van der Waals surface area contributed by atoms with E-state index in [1.807, 2.05) is 27.7 Å². The average Bonchev–Trinajstić information content (AvgIpc) is 2.69. The Bertz CT molecular complexity index is 486. The van der Waals surface area contributed by atoms with E-state index in [9.17, 15) is 0 Å². The van der Waals surface area contributed by atoms with E-state index in [0.717, 1.165) is 62.6 Å². The van der Waals surface area contributed by atoms with Crippen LogP contribution in [0, 0.1) is 0 Å². The summed E-state index contributed by atoms with van der Waals surface area (Å²) >= 11 is 21.6. The predicted octanol–water partition coefficient (Wildman–Crippen LogP) is 0.347. The van der Waals surface area contributed by atoms with Crippen molar-refractivity contribution in [1.82, 2.24) is 41.7 Å². The lowest BCUT2D eigenvalue weighted by atomic mass is 10.4. The van der Waals surface area contributed by atoms with Crippen molar-refractivity contribution in [2.45, 2.75) is 27.7 Å². The van der Waals surface area contributed by atoms with Gasteiger partial charge in [0.05, 0.1) is 0 Å². The second-order valence-electron chi connectivity index (χ2n) is 6.22. The average molecular weight is 495 g/mol. The molecule has 0 radical (unpaired) electrons. The molecule has 0 heterocycles. The molecule has 0 unspecified atom stereocenters. The second kappa shape index (κ2) is 18.5. The van der Waals surface area contributed by atoms with Crippen molar-refractivity contribution >= 4 is 69.3 Å². The van der Waals surface area contributed by atoms with Gasteiger partial charge in [0.15, 0.2) is 20.4 Å². The largest absolute Gasteiger partial charge is 0.363 e. The third kappa shape index (κ3) is 13.9. The smallest absolute Gasteiger partial charge is 0.169 e. The second-order valence-corrected chi connectivity index (χ2v) is 7.81. The zero-order valence-electron chi connectivity index (χ0n) is 18.6. The lowest BCUT2D eigenvalue weighted by Gasteiger charge is -2.31. The van der Waals surface area contributed by atoms with Crippen molar-refractivity contribution < 1.29 is 0 Å². The normalized spacial score (nSPS) is 9.87. The lowest BCUT2D eigenvalue weighted by Crippen LogP contribution is -2.51. The molecule has 0 saturated carbocycles. The predicted molar refractivity (Wildman–Crippen MR) is 144 cm³/mol. The number of rotatable bonds is 13. The molecule has 12 heteroatoms. The van der Waals surface area contributed by atoms with Crippen LogP contribution in [-0.2, 0) is 0 Å². The molecular weight excluding hydrogens is 457 g/mol. The van der Waals surface area contributed by atoms with E-state index in [1.54, 1.807) is 0 Å². The Morgan fingerprint density at radius 1 is 0.500 bits per heavy atom. The van der Waals surface area contributed by atoms with Crippen molar-refractivity contribution in [1.29, 1.82) is 0 Å². The molecule has 0 aliphatic heterocycles. The third-order valence-electron chi connectivity index (χ3n) is 3.88. The molecule has 0 spiro atoms. The summed E-state index contributed by atoms with van der Waals surface area (Å²) in [5.74, 6) is 0. The molecule has 0 aliphatic rings. The molecule has 0 amide bonds. The van der Waals surface area contributed by atoms with Gasteiger partial charge in [-0.3, -0.25) is 0 Å². The highest BCUT2D eigenvalue weighted by atomic mass is 32.1. The van der Waals surface area contributed by atoms with E-state index in [2.05, 4.69) is 41.7 Å². The van der Waals surface area contributed by atoms with Crippen LogP contribution in [0.4, 0.5) is 0 Å².